The van der Waals surface area contributed by atoms with Crippen molar-refractivity contribution in [2.24, 2.45) is 0 Å². The Kier molecular flexibility index (Phi) is 3.19. The maximum Gasteiger partial charge on any atom is 0.180 e. The lowest BCUT2D eigenvalue weighted by Gasteiger charge is -2.29. The van der Waals surface area contributed by atoms with Crippen LogP contribution in [0.4, 0.5) is 5.13 Å². The van der Waals surface area contributed by atoms with Crippen LogP contribution in [0.1, 0.15) is 36.9 Å². The zero-order valence-electron chi connectivity index (χ0n) is 11.1. The van der Waals surface area contributed by atoms with Crippen LogP contribution in [0.3, 0.4) is 0 Å². The van der Waals surface area contributed by atoms with Crippen molar-refractivity contribution in [3.05, 3.63) is 40.9 Å². The van der Waals surface area contributed by atoms with Crippen LogP contribution in [0.2, 0.25) is 0 Å². The van der Waals surface area contributed by atoms with Crippen molar-refractivity contribution >= 4 is 16.5 Å². The molecule has 4 heteroatoms. The van der Waals surface area contributed by atoms with E-state index in [2.05, 4.69) is 22.5 Å². The first kappa shape index (κ1) is 12.5. The molecule has 1 aliphatic rings. The fraction of sp³-hybridized carbons (Fsp3) is 0.400. The van der Waals surface area contributed by atoms with Crippen LogP contribution in [-0.4, -0.2) is 12.1 Å². The molecule has 3 rings (SSSR count). The second kappa shape index (κ2) is 4.85. The van der Waals surface area contributed by atoms with Gasteiger partial charge in [0.2, 0.25) is 0 Å². The first-order valence-corrected chi connectivity index (χ1v) is 7.49. The molecule has 0 radical (unpaired) electrons. The molecule has 100 valence electrons. The maximum absolute atomic E-state index is 5.83. The van der Waals surface area contributed by atoms with Gasteiger partial charge in [-0.15, -0.1) is 11.3 Å². The van der Waals surface area contributed by atoms with Gasteiger partial charge in [0, 0.05) is 16.4 Å². The lowest BCUT2D eigenvalue weighted by Crippen LogP contribution is -2.25. The molecular weight excluding hydrogens is 256 g/mol. The third-order valence-corrected chi connectivity index (χ3v) is 4.77. The van der Waals surface area contributed by atoms with Crippen molar-refractivity contribution in [3.8, 4) is 5.75 Å². The first-order chi connectivity index (χ1) is 9.26. The Morgan fingerprint density at radius 1 is 1.26 bits per heavy atom. The van der Waals surface area contributed by atoms with Gasteiger partial charge in [-0.3, -0.25) is 0 Å². The summed E-state index contributed by atoms with van der Waals surface area (Å²) >= 11 is 1.52. The highest BCUT2D eigenvalue weighted by atomic mass is 32.1. The molecule has 0 saturated heterocycles. The summed E-state index contributed by atoms with van der Waals surface area (Å²) < 4.78 is 5.56. The second-order valence-corrected chi connectivity index (χ2v) is 5.95. The third kappa shape index (κ3) is 2.00. The second-order valence-electron chi connectivity index (χ2n) is 5.06. The summed E-state index contributed by atoms with van der Waals surface area (Å²) in [7, 11) is 1.73. The van der Waals surface area contributed by atoms with Gasteiger partial charge >= 0.3 is 0 Å². The Hall–Kier alpha value is -1.55. The summed E-state index contributed by atoms with van der Waals surface area (Å²) in [4.78, 5) is 4.56. The molecule has 0 spiro atoms. The monoisotopic (exact) mass is 274 g/mol. The number of para-hydroxylation sites is 1. The number of ether oxygens (including phenoxy) is 1. The molecule has 1 heterocycles. The van der Waals surface area contributed by atoms with E-state index in [1.54, 1.807) is 7.11 Å². The van der Waals surface area contributed by atoms with Gasteiger partial charge in [0.05, 0.1) is 12.8 Å². The number of rotatable bonds is 3. The molecule has 2 N–H and O–H groups in total. The molecule has 0 bridgehead atoms. The number of hydrogen-bond acceptors (Lipinski definition) is 4. The molecule has 3 nitrogen and oxygen atoms in total. The van der Waals surface area contributed by atoms with Gasteiger partial charge in [-0.1, -0.05) is 31.0 Å². The molecule has 19 heavy (non-hydrogen) atoms. The molecule has 1 fully saturated rings. The van der Waals surface area contributed by atoms with Crippen LogP contribution in [0.5, 0.6) is 5.75 Å². The zero-order valence-corrected chi connectivity index (χ0v) is 11.9. The van der Waals surface area contributed by atoms with Crippen LogP contribution >= 0.6 is 11.3 Å². The Morgan fingerprint density at radius 3 is 2.63 bits per heavy atom. The lowest BCUT2D eigenvalue weighted by atomic mass is 9.76. The Labute approximate surface area is 117 Å². The highest BCUT2D eigenvalue weighted by Gasteiger charge is 2.41. The van der Waals surface area contributed by atoms with E-state index in [1.165, 1.54) is 29.7 Å². The maximum atomic E-state index is 5.83. The standard InChI is InChI=1S/C15H18N2OS/c1-18-12-7-3-2-6-11(12)15(8-4-5-9-15)13-10-19-14(16)17-13/h2-3,6-7,10H,4-5,8-9H2,1H3,(H2,16,17). The fourth-order valence-electron chi connectivity index (χ4n) is 3.19. The lowest BCUT2D eigenvalue weighted by molar-refractivity contribution is 0.392. The average Bonchev–Trinajstić information content (AvgIpc) is 3.08. The van der Waals surface area contributed by atoms with E-state index in [-0.39, 0.29) is 5.41 Å². The topological polar surface area (TPSA) is 48.1 Å². The Morgan fingerprint density at radius 2 is 2.00 bits per heavy atom. The van der Waals surface area contributed by atoms with E-state index in [4.69, 9.17) is 10.5 Å². The van der Waals surface area contributed by atoms with Gasteiger partial charge in [-0.05, 0) is 18.9 Å². The van der Waals surface area contributed by atoms with Crippen molar-refractivity contribution in [1.82, 2.24) is 4.98 Å². The smallest absolute Gasteiger partial charge is 0.180 e. The summed E-state index contributed by atoms with van der Waals surface area (Å²) in [6, 6.07) is 8.29. The molecule has 1 aromatic heterocycles. The number of thiazole rings is 1. The quantitative estimate of drug-likeness (QED) is 0.930. The summed E-state index contributed by atoms with van der Waals surface area (Å²) in [5.41, 5.74) is 8.18. The summed E-state index contributed by atoms with van der Waals surface area (Å²) in [5.74, 6) is 0.955. The number of methoxy groups -OCH3 is 1. The van der Waals surface area contributed by atoms with Crippen LogP contribution in [-0.2, 0) is 5.41 Å². The number of aromatic nitrogens is 1. The minimum atomic E-state index is -0.0132. The van der Waals surface area contributed by atoms with Gasteiger partial charge < -0.3 is 10.5 Å². The van der Waals surface area contributed by atoms with E-state index < -0.39 is 0 Å². The van der Waals surface area contributed by atoms with Crippen molar-refractivity contribution in [2.45, 2.75) is 31.1 Å². The zero-order chi connectivity index (χ0) is 13.3. The van der Waals surface area contributed by atoms with Gasteiger partial charge in [-0.2, -0.15) is 0 Å². The normalized spacial score (nSPS) is 17.5. The molecule has 0 aliphatic heterocycles. The van der Waals surface area contributed by atoms with Crippen LogP contribution in [0, 0.1) is 0 Å². The molecule has 2 aromatic rings. The minimum Gasteiger partial charge on any atom is -0.496 e. The highest BCUT2D eigenvalue weighted by Crippen LogP contribution is 2.49. The van der Waals surface area contributed by atoms with Gasteiger partial charge in [0.1, 0.15) is 5.75 Å². The van der Waals surface area contributed by atoms with E-state index in [0.29, 0.717) is 5.13 Å². The first-order valence-electron chi connectivity index (χ1n) is 6.61. The Bertz CT molecular complexity index is 573. The highest BCUT2D eigenvalue weighted by molar-refractivity contribution is 7.13. The average molecular weight is 274 g/mol. The molecule has 0 unspecified atom stereocenters. The molecule has 1 aliphatic carbocycles. The van der Waals surface area contributed by atoms with E-state index in [0.717, 1.165) is 24.3 Å². The van der Waals surface area contributed by atoms with Crippen LogP contribution < -0.4 is 10.5 Å². The SMILES string of the molecule is COc1ccccc1C1(c2csc(N)n2)CCCC1. The molecule has 1 saturated carbocycles. The number of nitrogens with zero attached hydrogens (tertiary/aromatic N) is 1. The van der Waals surface area contributed by atoms with Crippen LogP contribution in [0.15, 0.2) is 29.6 Å². The number of hydrogen-bond donors (Lipinski definition) is 1. The fourth-order valence-corrected chi connectivity index (χ4v) is 3.85. The predicted molar refractivity (Wildman–Crippen MR) is 78.8 cm³/mol. The van der Waals surface area contributed by atoms with Crippen molar-refractivity contribution in [3.63, 3.8) is 0 Å². The predicted octanol–water partition coefficient (Wildman–Crippen LogP) is 3.59. The van der Waals surface area contributed by atoms with Crippen molar-refractivity contribution < 1.29 is 4.74 Å². The third-order valence-electron chi connectivity index (χ3n) is 4.09. The number of nitrogens with two attached hydrogens (primary N) is 1. The molecular formula is C15H18N2OS. The Balaban J connectivity index is 2.15. The van der Waals surface area contributed by atoms with Crippen LogP contribution in [0.25, 0.3) is 0 Å². The van der Waals surface area contributed by atoms with E-state index in [9.17, 15) is 0 Å². The number of benzene rings is 1. The van der Waals surface area contributed by atoms with Gasteiger partial charge in [0.15, 0.2) is 5.13 Å². The van der Waals surface area contributed by atoms with Crippen molar-refractivity contribution in [1.29, 1.82) is 0 Å². The minimum absolute atomic E-state index is 0.0132. The van der Waals surface area contributed by atoms with Gasteiger partial charge in [-0.25, -0.2) is 4.98 Å². The summed E-state index contributed by atoms with van der Waals surface area (Å²) in [6.45, 7) is 0. The molecule has 0 amide bonds. The van der Waals surface area contributed by atoms with Gasteiger partial charge in [0.25, 0.3) is 0 Å². The largest absolute Gasteiger partial charge is 0.496 e. The molecule has 1 aromatic carbocycles. The summed E-state index contributed by atoms with van der Waals surface area (Å²) in [6.07, 6.45) is 4.71. The van der Waals surface area contributed by atoms with E-state index >= 15 is 0 Å². The summed E-state index contributed by atoms with van der Waals surface area (Å²) in [5, 5.41) is 2.75. The number of anilines is 1. The molecule has 0 atom stereocenters. The van der Waals surface area contributed by atoms with Crippen molar-refractivity contribution in [2.75, 3.05) is 12.8 Å². The number of nitrogen functional groups attached to an aromatic ring is 1. The van der Waals surface area contributed by atoms with E-state index in [1.807, 2.05) is 12.1 Å².